The molecule has 1 saturated carbocycles. The van der Waals surface area contributed by atoms with Gasteiger partial charge in [-0.15, -0.1) is 0 Å². The van der Waals surface area contributed by atoms with Crippen molar-refractivity contribution in [3.8, 4) is 0 Å². The Balaban J connectivity index is -0.000000203. The molecule has 1 aliphatic carbocycles. The Morgan fingerprint density at radius 2 is 0.188 bits per heavy atom. The molecule has 0 unspecified atom stereocenters. The Kier molecular flexibility index (Phi) is 95.5. The monoisotopic (exact) mass is 697 g/mol. The fourth-order valence-electron chi connectivity index (χ4n) is 5.30. The molecule has 6 heteroatoms. The van der Waals surface area contributed by atoms with Crippen molar-refractivity contribution in [2.75, 3.05) is 39.6 Å². The Hall–Kier alpha value is -0.240. The van der Waals surface area contributed by atoms with Gasteiger partial charge in [-0.2, -0.15) is 0 Å². The van der Waals surface area contributed by atoms with Gasteiger partial charge in [0.15, 0.2) is 0 Å². The number of rotatable bonds is 0. The SMILES string of the molecule is C1CCCCCCCCCCCCCCCCCCCCCCCCCCCCC1.CCO.CCO.CCO.CCO.CCO.CCO. The third-order valence-corrected chi connectivity index (χ3v) is 7.50. The van der Waals surface area contributed by atoms with Gasteiger partial charge in [-0.1, -0.05) is 193 Å². The van der Waals surface area contributed by atoms with Gasteiger partial charge in [-0.25, -0.2) is 0 Å². The molecule has 0 heterocycles. The summed E-state index contributed by atoms with van der Waals surface area (Å²) in [6.07, 6.45) is 45.0. The summed E-state index contributed by atoms with van der Waals surface area (Å²) in [7, 11) is 0. The normalized spacial score (nSPS) is 17.2. The molecule has 0 aromatic heterocycles. The van der Waals surface area contributed by atoms with Gasteiger partial charge in [0, 0.05) is 39.6 Å². The topological polar surface area (TPSA) is 121 Å². The number of hydrogen-bond donors (Lipinski definition) is 6. The minimum absolute atomic E-state index is 0.250. The molecule has 0 aromatic rings. The summed E-state index contributed by atoms with van der Waals surface area (Å²) in [5.74, 6) is 0. The average molecular weight is 697 g/mol. The predicted molar refractivity (Wildman–Crippen MR) is 215 cm³/mol. The maximum atomic E-state index is 7.57. The molecule has 1 fully saturated rings. The Morgan fingerprint density at radius 1 is 0.167 bits per heavy atom. The van der Waals surface area contributed by atoms with Crippen molar-refractivity contribution in [2.45, 2.75) is 234 Å². The van der Waals surface area contributed by atoms with E-state index in [4.69, 9.17) is 30.6 Å². The maximum Gasteiger partial charge on any atom is 0.0402 e. The van der Waals surface area contributed by atoms with Crippen LogP contribution in [0.15, 0.2) is 0 Å². The quantitative estimate of drug-likeness (QED) is 0.150. The zero-order valence-electron chi connectivity index (χ0n) is 34.1. The van der Waals surface area contributed by atoms with E-state index in [0.717, 1.165) is 0 Å². The summed E-state index contributed by atoms with van der Waals surface area (Å²) in [5.41, 5.74) is 0. The molecule has 1 aliphatic rings. The van der Waals surface area contributed by atoms with E-state index >= 15 is 0 Å². The third-order valence-electron chi connectivity index (χ3n) is 7.50. The van der Waals surface area contributed by atoms with E-state index in [2.05, 4.69) is 0 Å². The third kappa shape index (κ3) is 104. The van der Waals surface area contributed by atoms with E-state index in [0.29, 0.717) is 0 Å². The molecule has 0 bridgehead atoms. The molecule has 0 aromatic carbocycles. The highest BCUT2D eigenvalue weighted by Gasteiger charge is 1.97. The van der Waals surface area contributed by atoms with Crippen LogP contribution in [0.3, 0.4) is 0 Å². The van der Waals surface area contributed by atoms with E-state index in [1.165, 1.54) is 193 Å². The highest BCUT2D eigenvalue weighted by atomic mass is 16.3. The van der Waals surface area contributed by atoms with Crippen molar-refractivity contribution in [1.82, 2.24) is 0 Å². The van der Waals surface area contributed by atoms with Gasteiger partial charge >= 0.3 is 0 Å². The second-order valence-corrected chi connectivity index (χ2v) is 12.5. The summed E-state index contributed by atoms with van der Waals surface area (Å²) >= 11 is 0. The molecule has 0 amide bonds. The Labute approximate surface area is 303 Å². The van der Waals surface area contributed by atoms with Crippen LogP contribution in [0.1, 0.15) is 234 Å². The maximum absolute atomic E-state index is 7.57. The fourth-order valence-corrected chi connectivity index (χ4v) is 5.30. The van der Waals surface area contributed by atoms with Crippen molar-refractivity contribution < 1.29 is 30.6 Å². The Bertz CT molecular complexity index is 236. The van der Waals surface area contributed by atoms with Crippen molar-refractivity contribution in [3.63, 3.8) is 0 Å². The van der Waals surface area contributed by atoms with Crippen LogP contribution >= 0.6 is 0 Å². The predicted octanol–water partition coefficient (Wildman–Crippen LogP) is 11.7. The summed E-state index contributed by atoms with van der Waals surface area (Å²) in [5, 5.41) is 45.4. The number of hydrogen-bond acceptors (Lipinski definition) is 6. The van der Waals surface area contributed by atoms with Gasteiger partial charge in [0.2, 0.25) is 0 Å². The van der Waals surface area contributed by atoms with Gasteiger partial charge in [-0.05, 0) is 41.5 Å². The van der Waals surface area contributed by atoms with Crippen LogP contribution in [-0.4, -0.2) is 70.3 Å². The van der Waals surface area contributed by atoms with Crippen LogP contribution in [0.2, 0.25) is 0 Å². The molecule has 1 rings (SSSR count). The van der Waals surface area contributed by atoms with Crippen LogP contribution in [0.5, 0.6) is 0 Å². The molecule has 0 radical (unpaired) electrons. The van der Waals surface area contributed by atoms with E-state index in [1.807, 2.05) is 0 Å². The lowest BCUT2D eigenvalue weighted by molar-refractivity contribution is 0.318. The minimum atomic E-state index is 0.250. The molecule has 6 N–H and O–H groups in total. The molecule has 0 saturated heterocycles. The van der Waals surface area contributed by atoms with Crippen LogP contribution in [0, 0.1) is 0 Å². The van der Waals surface area contributed by atoms with Crippen LogP contribution < -0.4 is 0 Å². The summed E-state index contributed by atoms with van der Waals surface area (Å²) < 4.78 is 0. The zero-order valence-corrected chi connectivity index (χ0v) is 34.1. The summed E-state index contributed by atoms with van der Waals surface area (Å²) in [6.45, 7) is 11.6. The van der Waals surface area contributed by atoms with Crippen LogP contribution in [0.4, 0.5) is 0 Å². The van der Waals surface area contributed by atoms with E-state index in [1.54, 1.807) is 41.5 Å². The van der Waals surface area contributed by atoms with Gasteiger partial charge in [0.25, 0.3) is 0 Å². The van der Waals surface area contributed by atoms with Gasteiger partial charge in [-0.3, -0.25) is 0 Å². The number of aliphatic hydroxyl groups excluding tert-OH is 6. The first-order valence-electron chi connectivity index (χ1n) is 21.1. The van der Waals surface area contributed by atoms with Crippen molar-refractivity contribution in [2.24, 2.45) is 0 Å². The van der Waals surface area contributed by atoms with Gasteiger partial charge in [0.05, 0.1) is 0 Å². The first-order valence-corrected chi connectivity index (χ1v) is 21.1. The highest BCUT2D eigenvalue weighted by molar-refractivity contribution is 4.53. The average Bonchev–Trinajstić information content (AvgIpc) is 3.05. The lowest BCUT2D eigenvalue weighted by Gasteiger charge is -2.05. The second kappa shape index (κ2) is 76.6. The first kappa shape index (κ1) is 59.9. The second-order valence-electron chi connectivity index (χ2n) is 12.5. The van der Waals surface area contributed by atoms with Crippen molar-refractivity contribution >= 4 is 0 Å². The van der Waals surface area contributed by atoms with Gasteiger partial charge < -0.3 is 30.6 Å². The zero-order chi connectivity index (χ0) is 37.5. The minimum Gasteiger partial charge on any atom is -0.397 e. The number of aliphatic hydroxyl groups is 6. The van der Waals surface area contributed by atoms with E-state index in [9.17, 15) is 0 Å². The largest absolute Gasteiger partial charge is 0.397 e. The Morgan fingerprint density at radius 3 is 0.208 bits per heavy atom. The first-order chi connectivity index (χ1) is 23.5. The van der Waals surface area contributed by atoms with Crippen LogP contribution in [0.25, 0.3) is 0 Å². The molecule has 300 valence electrons. The summed E-state index contributed by atoms with van der Waals surface area (Å²) in [6, 6.07) is 0. The molecule has 0 aliphatic heterocycles. The molecular formula is C42H96O6. The lowest BCUT2D eigenvalue weighted by atomic mass is 10.0. The molecule has 6 nitrogen and oxygen atoms in total. The smallest absolute Gasteiger partial charge is 0.0402 e. The van der Waals surface area contributed by atoms with Crippen LogP contribution in [-0.2, 0) is 0 Å². The van der Waals surface area contributed by atoms with E-state index in [-0.39, 0.29) is 39.6 Å². The van der Waals surface area contributed by atoms with Gasteiger partial charge in [0.1, 0.15) is 0 Å². The van der Waals surface area contributed by atoms with Crippen molar-refractivity contribution in [3.05, 3.63) is 0 Å². The summed E-state index contributed by atoms with van der Waals surface area (Å²) in [4.78, 5) is 0. The van der Waals surface area contributed by atoms with Crippen molar-refractivity contribution in [1.29, 1.82) is 0 Å². The standard InChI is InChI=1S/C30H60.6C2H6O/c1-2-4-6-8-10-12-14-16-18-20-22-24-26-28-30-29-27-25-23-21-19-17-15-13-11-9-7-5-3-1;6*1-2-3/h1-30H2;6*3H,2H2,1H3. The fraction of sp³-hybridized carbons (Fsp3) is 1.00. The lowest BCUT2D eigenvalue weighted by Crippen LogP contribution is -1.85. The molecule has 0 spiro atoms. The molecular weight excluding hydrogens is 600 g/mol. The highest BCUT2D eigenvalue weighted by Crippen LogP contribution is 2.17. The molecule has 48 heavy (non-hydrogen) atoms. The molecule has 0 atom stereocenters. The van der Waals surface area contributed by atoms with E-state index < -0.39 is 0 Å².